The Morgan fingerprint density at radius 3 is 2.52 bits per heavy atom. The molecule has 0 heterocycles. The summed E-state index contributed by atoms with van der Waals surface area (Å²) in [6.45, 7) is 6.30. The lowest BCUT2D eigenvalue weighted by Gasteiger charge is -2.21. The Balaban J connectivity index is 2.52. The van der Waals surface area contributed by atoms with Gasteiger partial charge in [0, 0.05) is 24.7 Å². The third-order valence-corrected chi connectivity index (χ3v) is 3.18. The molecule has 5 nitrogen and oxygen atoms in total. The van der Waals surface area contributed by atoms with Crippen molar-refractivity contribution in [2.45, 2.75) is 39.7 Å². The molecule has 0 aromatic heterocycles. The molecule has 0 saturated heterocycles. The summed E-state index contributed by atoms with van der Waals surface area (Å²) >= 11 is 0. The van der Waals surface area contributed by atoms with Gasteiger partial charge in [0.15, 0.2) is 0 Å². The van der Waals surface area contributed by atoms with Crippen LogP contribution in [0.1, 0.15) is 32.8 Å². The molecule has 1 aromatic carbocycles. The van der Waals surface area contributed by atoms with Crippen LogP contribution >= 0.6 is 0 Å². The number of carbonyl (C=O) groups excluding carboxylic acids is 2. The van der Waals surface area contributed by atoms with Crippen LogP contribution in [0.25, 0.3) is 0 Å². The van der Waals surface area contributed by atoms with Crippen LogP contribution in [0.4, 0.5) is 5.69 Å². The summed E-state index contributed by atoms with van der Waals surface area (Å²) in [5.74, 6) is -0.154. The van der Waals surface area contributed by atoms with Gasteiger partial charge in [-0.25, -0.2) is 0 Å². The van der Waals surface area contributed by atoms with E-state index in [1.807, 2.05) is 45.0 Å². The van der Waals surface area contributed by atoms with E-state index in [0.717, 1.165) is 5.56 Å². The molecule has 0 aliphatic heterocycles. The number of carbonyl (C=O) groups is 2. The summed E-state index contributed by atoms with van der Waals surface area (Å²) in [7, 11) is 0. The van der Waals surface area contributed by atoms with Crippen molar-refractivity contribution in [2.75, 3.05) is 18.8 Å². The topological polar surface area (TPSA) is 75.4 Å². The highest BCUT2D eigenvalue weighted by atomic mass is 16.2. The first kappa shape index (κ1) is 17.0. The van der Waals surface area contributed by atoms with Crippen molar-refractivity contribution in [3.8, 4) is 0 Å². The Bertz CT molecular complexity index is 486. The van der Waals surface area contributed by atoms with Crippen LogP contribution in [-0.4, -0.2) is 35.8 Å². The zero-order valence-electron chi connectivity index (χ0n) is 13.1. The molecule has 0 aliphatic carbocycles. The zero-order valence-corrected chi connectivity index (χ0v) is 13.1. The van der Waals surface area contributed by atoms with Crippen molar-refractivity contribution >= 4 is 17.5 Å². The number of nitrogens with zero attached hydrogens (tertiary/aromatic N) is 1. The first-order chi connectivity index (χ1) is 9.93. The first-order valence-electron chi connectivity index (χ1n) is 7.34. The molecule has 0 saturated carbocycles. The number of para-hydroxylation sites is 1. The molecule has 0 bridgehead atoms. The van der Waals surface area contributed by atoms with Gasteiger partial charge in [-0.3, -0.25) is 9.59 Å². The molecule has 5 heteroatoms. The SMILES string of the molecule is CCN(CC(=O)NC(C)C)C(=O)CCc1ccccc1N. The fraction of sp³-hybridized carbons (Fsp3) is 0.500. The fourth-order valence-corrected chi connectivity index (χ4v) is 2.08. The third-order valence-electron chi connectivity index (χ3n) is 3.18. The molecule has 2 amide bonds. The van der Waals surface area contributed by atoms with E-state index in [-0.39, 0.29) is 24.4 Å². The molecule has 0 unspecified atom stereocenters. The third kappa shape index (κ3) is 5.85. The van der Waals surface area contributed by atoms with E-state index in [1.54, 1.807) is 4.90 Å². The molecule has 1 rings (SSSR count). The van der Waals surface area contributed by atoms with Crippen LogP contribution in [0, 0.1) is 0 Å². The summed E-state index contributed by atoms with van der Waals surface area (Å²) in [5, 5.41) is 2.79. The number of hydrogen-bond acceptors (Lipinski definition) is 3. The minimum atomic E-state index is -0.126. The number of benzene rings is 1. The Labute approximate surface area is 126 Å². The minimum absolute atomic E-state index is 0.0281. The van der Waals surface area contributed by atoms with Crippen molar-refractivity contribution in [3.05, 3.63) is 29.8 Å². The minimum Gasteiger partial charge on any atom is -0.399 e. The number of aryl methyl sites for hydroxylation is 1. The van der Waals surface area contributed by atoms with E-state index in [9.17, 15) is 9.59 Å². The second-order valence-electron chi connectivity index (χ2n) is 5.33. The first-order valence-corrected chi connectivity index (χ1v) is 7.34. The lowest BCUT2D eigenvalue weighted by atomic mass is 10.1. The lowest BCUT2D eigenvalue weighted by Crippen LogP contribution is -2.42. The van der Waals surface area contributed by atoms with E-state index < -0.39 is 0 Å². The Morgan fingerprint density at radius 1 is 1.29 bits per heavy atom. The van der Waals surface area contributed by atoms with Gasteiger partial charge in [-0.1, -0.05) is 18.2 Å². The predicted molar refractivity (Wildman–Crippen MR) is 84.7 cm³/mol. The quantitative estimate of drug-likeness (QED) is 0.749. The maximum atomic E-state index is 12.2. The van der Waals surface area contributed by atoms with E-state index in [0.29, 0.717) is 25.1 Å². The van der Waals surface area contributed by atoms with Gasteiger partial charge in [-0.05, 0) is 38.8 Å². The van der Waals surface area contributed by atoms with Crippen molar-refractivity contribution in [1.29, 1.82) is 0 Å². The number of nitrogens with one attached hydrogen (secondary N) is 1. The van der Waals surface area contributed by atoms with Crippen LogP contribution in [0.5, 0.6) is 0 Å². The summed E-state index contributed by atoms with van der Waals surface area (Å²) in [4.78, 5) is 25.5. The molecule has 3 N–H and O–H groups in total. The number of hydrogen-bond donors (Lipinski definition) is 2. The van der Waals surface area contributed by atoms with Gasteiger partial charge in [0.2, 0.25) is 11.8 Å². The van der Waals surface area contributed by atoms with Gasteiger partial charge in [-0.2, -0.15) is 0 Å². The van der Waals surface area contributed by atoms with Gasteiger partial charge in [0.25, 0.3) is 0 Å². The van der Waals surface area contributed by atoms with Gasteiger partial charge >= 0.3 is 0 Å². The number of likely N-dealkylation sites (N-methyl/N-ethyl adjacent to an activating group) is 1. The van der Waals surface area contributed by atoms with Crippen LogP contribution < -0.4 is 11.1 Å². The highest BCUT2D eigenvalue weighted by Crippen LogP contribution is 2.13. The van der Waals surface area contributed by atoms with E-state index in [1.165, 1.54) is 0 Å². The highest BCUT2D eigenvalue weighted by molar-refractivity contribution is 5.85. The van der Waals surface area contributed by atoms with Crippen LogP contribution in [0.15, 0.2) is 24.3 Å². The van der Waals surface area contributed by atoms with Gasteiger partial charge in [-0.15, -0.1) is 0 Å². The Morgan fingerprint density at radius 2 is 1.95 bits per heavy atom. The van der Waals surface area contributed by atoms with E-state index in [4.69, 9.17) is 5.73 Å². The number of anilines is 1. The number of nitrogen functional groups attached to an aromatic ring is 1. The second kappa shape index (κ2) is 8.29. The zero-order chi connectivity index (χ0) is 15.8. The van der Waals surface area contributed by atoms with E-state index in [2.05, 4.69) is 5.32 Å². The van der Waals surface area contributed by atoms with Crippen molar-refractivity contribution in [1.82, 2.24) is 10.2 Å². The average Bonchev–Trinajstić information content (AvgIpc) is 2.42. The van der Waals surface area contributed by atoms with Gasteiger partial charge in [0.05, 0.1) is 6.54 Å². The maximum absolute atomic E-state index is 12.2. The number of nitrogens with two attached hydrogens (primary N) is 1. The van der Waals surface area contributed by atoms with Crippen LogP contribution in [-0.2, 0) is 16.0 Å². The normalized spacial score (nSPS) is 10.5. The Hall–Kier alpha value is -2.04. The van der Waals surface area contributed by atoms with Crippen LogP contribution in [0.2, 0.25) is 0 Å². The standard InChI is InChI=1S/C16H25N3O2/c1-4-19(11-15(20)18-12(2)3)16(21)10-9-13-7-5-6-8-14(13)17/h5-8,12H,4,9-11,17H2,1-3H3,(H,18,20). The smallest absolute Gasteiger partial charge is 0.239 e. The highest BCUT2D eigenvalue weighted by Gasteiger charge is 2.16. The molecule has 21 heavy (non-hydrogen) atoms. The van der Waals surface area contributed by atoms with Crippen molar-refractivity contribution < 1.29 is 9.59 Å². The predicted octanol–water partition coefficient (Wildman–Crippen LogP) is 1.57. The maximum Gasteiger partial charge on any atom is 0.239 e. The largest absolute Gasteiger partial charge is 0.399 e. The van der Waals surface area contributed by atoms with Crippen molar-refractivity contribution in [2.24, 2.45) is 0 Å². The fourth-order valence-electron chi connectivity index (χ4n) is 2.08. The molecule has 0 radical (unpaired) electrons. The summed E-state index contributed by atoms with van der Waals surface area (Å²) in [5.41, 5.74) is 7.53. The molecule has 1 aromatic rings. The van der Waals surface area contributed by atoms with E-state index >= 15 is 0 Å². The Kier molecular flexibility index (Phi) is 6.72. The van der Waals surface area contributed by atoms with Gasteiger partial charge in [0.1, 0.15) is 0 Å². The molecule has 0 aliphatic rings. The second-order valence-corrected chi connectivity index (χ2v) is 5.33. The molecular formula is C16H25N3O2. The number of amides is 2. The molecular weight excluding hydrogens is 266 g/mol. The monoisotopic (exact) mass is 291 g/mol. The summed E-state index contributed by atoms with van der Waals surface area (Å²) in [6, 6.07) is 7.60. The van der Waals surface area contributed by atoms with Gasteiger partial charge < -0.3 is 16.0 Å². The molecule has 116 valence electrons. The average molecular weight is 291 g/mol. The van der Waals surface area contributed by atoms with Crippen LogP contribution in [0.3, 0.4) is 0 Å². The molecule has 0 spiro atoms. The lowest BCUT2D eigenvalue weighted by molar-refractivity contribution is -0.136. The summed E-state index contributed by atoms with van der Waals surface area (Å²) in [6.07, 6.45) is 0.949. The molecule has 0 fully saturated rings. The van der Waals surface area contributed by atoms with Crippen molar-refractivity contribution in [3.63, 3.8) is 0 Å². The number of rotatable bonds is 7. The molecule has 0 atom stereocenters. The summed E-state index contributed by atoms with van der Waals surface area (Å²) < 4.78 is 0.